The molecule has 0 spiro atoms. The van der Waals surface area contributed by atoms with E-state index in [9.17, 15) is 0 Å². The molecule has 0 fully saturated rings. The van der Waals surface area contributed by atoms with Gasteiger partial charge in [0.2, 0.25) is 0 Å². The lowest BCUT2D eigenvalue weighted by Crippen LogP contribution is -2.16. The Labute approximate surface area is 97.8 Å². The fraction of sp³-hybridized carbons (Fsp3) is 0.538. The van der Waals surface area contributed by atoms with Gasteiger partial charge in [0.15, 0.2) is 0 Å². The van der Waals surface area contributed by atoms with Crippen molar-refractivity contribution in [2.45, 2.75) is 26.0 Å². The molecule has 1 rings (SSSR count). The Kier molecular flexibility index (Phi) is 5.90. The summed E-state index contributed by atoms with van der Waals surface area (Å²) in [7, 11) is 3.65. The van der Waals surface area contributed by atoms with Crippen LogP contribution in [0.2, 0.25) is 0 Å². The van der Waals surface area contributed by atoms with E-state index in [0.29, 0.717) is 0 Å². The van der Waals surface area contributed by atoms with E-state index in [4.69, 9.17) is 9.47 Å². The SMILES string of the molecule is CNCc1ccccc1OC(C)CCOC. The van der Waals surface area contributed by atoms with Crippen molar-refractivity contribution in [1.82, 2.24) is 5.32 Å². The number of hydrogen-bond acceptors (Lipinski definition) is 3. The van der Waals surface area contributed by atoms with Gasteiger partial charge < -0.3 is 14.8 Å². The Balaban J connectivity index is 2.57. The van der Waals surface area contributed by atoms with Crippen LogP contribution in [-0.4, -0.2) is 26.9 Å². The van der Waals surface area contributed by atoms with Gasteiger partial charge in [0.25, 0.3) is 0 Å². The van der Waals surface area contributed by atoms with E-state index in [2.05, 4.69) is 18.3 Å². The third-order valence-electron chi connectivity index (χ3n) is 2.40. The number of nitrogens with one attached hydrogen (secondary N) is 1. The topological polar surface area (TPSA) is 30.5 Å². The molecule has 0 aromatic heterocycles. The molecule has 1 aromatic rings. The van der Waals surface area contributed by atoms with Gasteiger partial charge in [-0.05, 0) is 20.0 Å². The summed E-state index contributed by atoms with van der Waals surface area (Å²) >= 11 is 0. The molecule has 0 amide bonds. The minimum atomic E-state index is 0.179. The first-order valence-electron chi connectivity index (χ1n) is 5.66. The van der Waals surface area contributed by atoms with Gasteiger partial charge in [-0.3, -0.25) is 0 Å². The van der Waals surface area contributed by atoms with Crippen LogP contribution in [0.15, 0.2) is 24.3 Å². The molecule has 16 heavy (non-hydrogen) atoms. The lowest BCUT2D eigenvalue weighted by atomic mass is 10.2. The highest BCUT2D eigenvalue weighted by molar-refractivity contribution is 5.33. The predicted molar refractivity (Wildman–Crippen MR) is 65.8 cm³/mol. The highest BCUT2D eigenvalue weighted by atomic mass is 16.5. The molecule has 3 heteroatoms. The maximum absolute atomic E-state index is 5.88. The van der Waals surface area contributed by atoms with Crippen molar-refractivity contribution in [3.63, 3.8) is 0 Å². The molecule has 0 aliphatic carbocycles. The van der Waals surface area contributed by atoms with Gasteiger partial charge in [0, 0.05) is 32.2 Å². The number of rotatable bonds is 7. The molecule has 0 aliphatic rings. The summed E-state index contributed by atoms with van der Waals surface area (Å²) in [5.41, 5.74) is 1.19. The quantitative estimate of drug-likeness (QED) is 0.768. The standard InChI is InChI=1S/C13H21NO2/c1-11(8-9-15-3)16-13-7-5-4-6-12(13)10-14-2/h4-7,11,14H,8-10H2,1-3H3. The minimum absolute atomic E-state index is 0.179. The Morgan fingerprint density at radius 2 is 2.06 bits per heavy atom. The van der Waals surface area contributed by atoms with Gasteiger partial charge in [-0.15, -0.1) is 0 Å². The van der Waals surface area contributed by atoms with Crippen molar-refractivity contribution in [3.8, 4) is 5.75 Å². The van der Waals surface area contributed by atoms with Crippen LogP contribution in [0.4, 0.5) is 0 Å². The number of para-hydroxylation sites is 1. The summed E-state index contributed by atoms with van der Waals surface area (Å²) in [6, 6.07) is 8.11. The fourth-order valence-corrected chi connectivity index (χ4v) is 1.51. The molecular formula is C13H21NO2. The normalized spacial score (nSPS) is 12.4. The molecule has 0 heterocycles. The Hall–Kier alpha value is -1.06. The second-order valence-corrected chi connectivity index (χ2v) is 3.85. The molecule has 0 bridgehead atoms. The van der Waals surface area contributed by atoms with Crippen molar-refractivity contribution in [1.29, 1.82) is 0 Å². The lowest BCUT2D eigenvalue weighted by molar-refractivity contribution is 0.134. The third-order valence-corrected chi connectivity index (χ3v) is 2.40. The molecule has 1 atom stereocenters. The lowest BCUT2D eigenvalue weighted by Gasteiger charge is -2.17. The van der Waals surface area contributed by atoms with Crippen LogP contribution in [0.1, 0.15) is 18.9 Å². The summed E-state index contributed by atoms with van der Waals surface area (Å²) < 4.78 is 10.9. The van der Waals surface area contributed by atoms with Crippen LogP contribution in [0.25, 0.3) is 0 Å². The smallest absolute Gasteiger partial charge is 0.124 e. The summed E-state index contributed by atoms with van der Waals surface area (Å²) in [6.07, 6.45) is 1.09. The maximum Gasteiger partial charge on any atom is 0.124 e. The van der Waals surface area contributed by atoms with Crippen molar-refractivity contribution < 1.29 is 9.47 Å². The van der Waals surface area contributed by atoms with Crippen LogP contribution in [0, 0.1) is 0 Å². The highest BCUT2D eigenvalue weighted by Crippen LogP contribution is 2.19. The van der Waals surface area contributed by atoms with Crippen molar-refractivity contribution in [3.05, 3.63) is 29.8 Å². The van der Waals surface area contributed by atoms with E-state index < -0.39 is 0 Å². The van der Waals surface area contributed by atoms with Crippen molar-refractivity contribution in [2.75, 3.05) is 20.8 Å². The van der Waals surface area contributed by atoms with E-state index in [0.717, 1.165) is 25.3 Å². The van der Waals surface area contributed by atoms with Gasteiger partial charge in [-0.1, -0.05) is 18.2 Å². The zero-order valence-corrected chi connectivity index (χ0v) is 10.3. The predicted octanol–water partition coefficient (Wildman–Crippen LogP) is 2.21. The van der Waals surface area contributed by atoms with E-state index in [1.54, 1.807) is 7.11 Å². The Morgan fingerprint density at radius 1 is 1.31 bits per heavy atom. The van der Waals surface area contributed by atoms with E-state index in [-0.39, 0.29) is 6.10 Å². The molecule has 1 N–H and O–H groups in total. The summed E-state index contributed by atoms with van der Waals surface area (Å²) in [5.74, 6) is 0.959. The molecule has 0 aliphatic heterocycles. The van der Waals surface area contributed by atoms with Crippen molar-refractivity contribution in [2.24, 2.45) is 0 Å². The van der Waals surface area contributed by atoms with Gasteiger partial charge in [-0.25, -0.2) is 0 Å². The number of methoxy groups -OCH3 is 1. The van der Waals surface area contributed by atoms with Crippen LogP contribution in [0.5, 0.6) is 5.75 Å². The van der Waals surface area contributed by atoms with E-state index in [1.165, 1.54) is 5.56 Å². The Bertz CT molecular complexity index is 302. The van der Waals surface area contributed by atoms with Crippen LogP contribution >= 0.6 is 0 Å². The summed E-state index contributed by atoms with van der Waals surface area (Å²) in [6.45, 7) is 3.62. The molecule has 0 saturated carbocycles. The van der Waals surface area contributed by atoms with Crippen molar-refractivity contribution >= 4 is 0 Å². The average molecular weight is 223 g/mol. The minimum Gasteiger partial charge on any atom is -0.490 e. The molecule has 0 radical (unpaired) electrons. The number of benzene rings is 1. The fourth-order valence-electron chi connectivity index (χ4n) is 1.51. The van der Waals surface area contributed by atoms with Gasteiger partial charge >= 0.3 is 0 Å². The molecule has 3 nitrogen and oxygen atoms in total. The average Bonchev–Trinajstić information content (AvgIpc) is 2.29. The van der Waals surface area contributed by atoms with E-state index >= 15 is 0 Å². The second kappa shape index (κ2) is 7.25. The van der Waals surface area contributed by atoms with E-state index in [1.807, 2.05) is 25.2 Å². The first-order valence-corrected chi connectivity index (χ1v) is 5.66. The zero-order chi connectivity index (χ0) is 11.8. The van der Waals surface area contributed by atoms with Gasteiger partial charge in [0.1, 0.15) is 5.75 Å². The zero-order valence-electron chi connectivity index (χ0n) is 10.3. The Morgan fingerprint density at radius 3 is 2.75 bits per heavy atom. The highest BCUT2D eigenvalue weighted by Gasteiger charge is 2.07. The largest absolute Gasteiger partial charge is 0.490 e. The monoisotopic (exact) mass is 223 g/mol. The molecule has 1 aromatic carbocycles. The maximum atomic E-state index is 5.88. The summed E-state index contributed by atoms with van der Waals surface area (Å²) in [4.78, 5) is 0. The molecule has 0 saturated heterocycles. The van der Waals surface area contributed by atoms with Crippen LogP contribution in [-0.2, 0) is 11.3 Å². The van der Waals surface area contributed by atoms with Gasteiger partial charge in [-0.2, -0.15) is 0 Å². The summed E-state index contributed by atoms with van der Waals surface area (Å²) in [5, 5.41) is 3.14. The van der Waals surface area contributed by atoms with Crippen LogP contribution in [0.3, 0.4) is 0 Å². The van der Waals surface area contributed by atoms with Crippen LogP contribution < -0.4 is 10.1 Å². The molecular weight excluding hydrogens is 202 g/mol. The first kappa shape index (κ1) is 13.0. The third kappa shape index (κ3) is 4.21. The number of ether oxygens (including phenoxy) is 2. The molecule has 90 valence electrons. The van der Waals surface area contributed by atoms with Gasteiger partial charge in [0.05, 0.1) is 6.10 Å². The molecule has 1 unspecified atom stereocenters. The number of hydrogen-bond donors (Lipinski definition) is 1. The second-order valence-electron chi connectivity index (χ2n) is 3.85. The first-order chi connectivity index (χ1) is 7.77.